The number of aryl methyl sites for hydroxylation is 2. The summed E-state index contributed by atoms with van der Waals surface area (Å²) < 4.78 is 5.74. The average molecular weight is 300 g/mol. The Morgan fingerprint density at radius 2 is 1.77 bits per heavy atom. The molecule has 0 aliphatic rings. The fourth-order valence-electron chi connectivity index (χ4n) is 2.43. The molecule has 0 aliphatic heterocycles. The number of carbonyl (C=O) groups excluding carboxylic acids is 1. The Morgan fingerprint density at radius 1 is 1.14 bits per heavy atom. The first-order valence-corrected chi connectivity index (χ1v) is 7.92. The minimum Gasteiger partial charge on any atom is -0.441 e. The molecular weight excluding hydrogens is 276 g/mol. The van der Waals surface area contributed by atoms with Crippen molar-refractivity contribution in [2.24, 2.45) is 0 Å². The summed E-state index contributed by atoms with van der Waals surface area (Å²) >= 11 is 0. The van der Waals surface area contributed by atoms with E-state index >= 15 is 0 Å². The second-order valence-corrected chi connectivity index (χ2v) is 5.32. The molecule has 1 amide bonds. The summed E-state index contributed by atoms with van der Waals surface area (Å²) in [6.07, 6.45) is 1.30. The molecule has 0 aliphatic carbocycles. The molecule has 0 N–H and O–H groups in total. The van der Waals surface area contributed by atoms with E-state index in [1.54, 1.807) is 0 Å². The van der Waals surface area contributed by atoms with Crippen molar-refractivity contribution in [1.82, 2.24) is 9.88 Å². The number of aromatic nitrogens is 1. The first kappa shape index (κ1) is 16.3. The molecule has 118 valence electrons. The van der Waals surface area contributed by atoms with Crippen LogP contribution in [0.15, 0.2) is 28.7 Å². The minimum atomic E-state index is 0.0919. The third-order valence-electron chi connectivity index (χ3n) is 3.94. The van der Waals surface area contributed by atoms with Gasteiger partial charge in [0, 0.05) is 18.7 Å². The molecule has 0 radical (unpaired) electrons. The van der Waals surface area contributed by atoms with Crippen molar-refractivity contribution >= 4 is 5.91 Å². The molecule has 4 heteroatoms. The molecule has 0 saturated heterocycles. The lowest BCUT2D eigenvalue weighted by atomic mass is 10.1. The minimum absolute atomic E-state index is 0.0919. The van der Waals surface area contributed by atoms with Gasteiger partial charge >= 0.3 is 0 Å². The van der Waals surface area contributed by atoms with Crippen molar-refractivity contribution in [1.29, 1.82) is 0 Å². The first-order valence-electron chi connectivity index (χ1n) is 7.92. The van der Waals surface area contributed by atoms with Gasteiger partial charge < -0.3 is 9.32 Å². The van der Waals surface area contributed by atoms with Gasteiger partial charge in [0.1, 0.15) is 5.76 Å². The van der Waals surface area contributed by atoms with Crippen LogP contribution in [0.3, 0.4) is 0 Å². The van der Waals surface area contributed by atoms with Gasteiger partial charge in [-0.1, -0.05) is 19.1 Å². The summed E-state index contributed by atoms with van der Waals surface area (Å²) in [5.41, 5.74) is 2.96. The molecule has 2 rings (SSSR count). The zero-order valence-corrected chi connectivity index (χ0v) is 13.8. The summed E-state index contributed by atoms with van der Waals surface area (Å²) in [7, 11) is 0. The van der Waals surface area contributed by atoms with E-state index < -0.39 is 0 Å². The van der Waals surface area contributed by atoms with Crippen LogP contribution in [0.25, 0.3) is 11.5 Å². The van der Waals surface area contributed by atoms with Crippen molar-refractivity contribution in [3.05, 3.63) is 41.3 Å². The number of hydrogen-bond acceptors (Lipinski definition) is 3. The normalized spacial score (nSPS) is 10.7. The fourth-order valence-corrected chi connectivity index (χ4v) is 2.43. The molecule has 1 aromatic heterocycles. The number of likely N-dealkylation sites (N-methyl/N-ethyl adjacent to an activating group) is 1. The van der Waals surface area contributed by atoms with Gasteiger partial charge in [0.25, 0.3) is 0 Å². The van der Waals surface area contributed by atoms with Crippen LogP contribution in [-0.2, 0) is 17.6 Å². The Kier molecular flexibility index (Phi) is 5.36. The maximum Gasteiger partial charge on any atom is 0.228 e. The summed E-state index contributed by atoms with van der Waals surface area (Å²) in [5, 5.41) is 0. The van der Waals surface area contributed by atoms with Gasteiger partial charge in [0.05, 0.1) is 12.1 Å². The van der Waals surface area contributed by atoms with E-state index in [0.717, 1.165) is 36.5 Å². The molecular formula is C18H24N2O2. The highest BCUT2D eigenvalue weighted by atomic mass is 16.4. The van der Waals surface area contributed by atoms with Crippen LogP contribution in [-0.4, -0.2) is 28.9 Å². The molecule has 1 heterocycles. The molecule has 2 aromatic rings. The Hall–Kier alpha value is -2.10. The van der Waals surface area contributed by atoms with Crippen LogP contribution in [0.4, 0.5) is 0 Å². The Labute approximate surface area is 132 Å². The summed E-state index contributed by atoms with van der Waals surface area (Å²) in [6.45, 7) is 9.40. The van der Waals surface area contributed by atoms with Gasteiger partial charge in [0.2, 0.25) is 11.8 Å². The molecule has 0 bridgehead atoms. The van der Waals surface area contributed by atoms with Crippen molar-refractivity contribution in [2.75, 3.05) is 13.1 Å². The maximum atomic E-state index is 12.2. The van der Waals surface area contributed by atoms with E-state index in [1.165, 1.54) is 5.56 Å². The number of nitrogens with zero attached hydrogens (tertiary/aromatic N) is 2. The standard InChI is InChI=1S/C18H24N2O2/c1-5-14-8-10-15(11-9-14)18-19-16(13(4)22-18)12-17(21)20(6-2)7-3/h8-11H,5-7,12H2,1-4H3. The monoisotopic (exact) mass is 300 g/mol. The number of oxazole rings is 1. The quantitative estimate of drug-likeness (QED) is 0.818. The summed E-state index contributed by atoms with van der Waals surface area (Å²) in [6, 6.07) is 8.19. The average Bonchev–Trinajstić information content (AvgIpc) is 2.89. The van der Waals surface area contributed by atoms with Gasteiger partial charge in [-0.2, -0.15) is 0 Å². The summed E-state index contributed by atoms with van der Waals surface area (Å²) in [5.74, 6) is 1.40. The number of carbonyl (C=O) groups is 1. The fraction of sp³-hybridized carbons (Fsp3) is 0.444. The molecule has 1 aromatic carbocycles. The predicted molar refractivity (Wildman–Crippen MR) is 87.7 cm³/mol. The number of amides is 1. The number of rotatable bonds is 6. The van der Waals surface area contributed by atoms with Crippen LogP contribution in [0, 0.1) is 6.92 Å². The topological polar surface area (TPSA) is 46.3 Å². The second-order valence-electron chi connectivity index (χ2n) is 5.32. The summed E-state index contributed by atoms with van der Waals surface area (Å²) in [4.78, 5) is 18.5. The van der Waals surface area contributed by atoms with Crippen molar-refractivity contribution in [2.45, 2.75) is 40.5 Å². The van der Waals surface area contributed by atoms with Crippen molar-refractivity contribution in [3.63, 3.8) is 0 Å². The van der Waals surface area contributed by atoms with Crippen LogP contribution in [0.5, 0.6) is 0 Å². The smallest absolute Gasteiger partial charge is 0.228 e. The lowest BCUT2D eigenvalue weighted by Crippen LogP contribution is -2.32. The van der Waals surface area contributed by atoms with E-state index in [-0.39, 0.29) is 5.91 Å². The Morgan fingerprint density at radius 3 is 2.32 bits per heavy atom. The lowest BCUT2D eigenvalue weighted by Gasteiger charge is -2.17. The number of hydrogen-bond donors (Lipinski definition) is 0. The first-order chi connectivity index (χ1) is 10.6. The lowest BCUT2D eigenvalue weighted by molar-refractivity contribution is -0.130. The van der Waals surface area contributed by atoms with Crippen LogP contribution >= 0.6 is 0 Å². The maximum absolute atomic E-state index is 12.2. The van der Waals surface area contributed by atoms with Crippen LogP contribution in [0.2, 0.25) is 0 Å². The zero-order chi connectivity index (χ0) is 16.1. The number of benzene rings is 1. The predicted octanol–water partition coefficient (Wildman–Crippen LogP) is 3.62. The zero-order valence-electron chi connectivity index (χ0n) is 13.8. The van der Waals surface area contributed by atoms with Crippen LogP contribution < -0.4 is 0 Å². The molecule has 0 atom stereocenters. The SMILES string of the molecule is CCc1ccc(-c2nc(CC(=O)N(CC)CC)c(C)o2)cc1. The molecule has 22 heavy (non-hydrogen) atoms. The highest BCUT2D eigenvalue weighted by molar-refractivity contribution is 5.78. The van der Waals surface area contributed by atoms with E-state index in [9.17, 15) is 4.79 Å². The Balaban J connectivity index is 2.18. The van der Waals surface area contributed by atoms with Crippen molar-refractivity contribution in [3.8, 4) is 11.5 Å². The van der Waals surface area contributed by atoms with Crippen LogP contribution in [0.1, 0.15) is 37.8 Å². The van der Waals surface area contributed by atoms with Gasteiger partial charge in [-0.25, -0.2) is 4.98 Å². The second kappa shape index (κ2) is 7.25. The van der Waals surface area contributed by atoms with Gasteiger partial charge in [-0.15, -0.1) is 0 Å². The highest BCUT2D eigenvalue weighted by Gasteiger charge is 2.17. The molecule has 0 spiro atoms. The largest absolute Gasteiger partial charge is 0.441 e. The molecule has 0 fully saturated rings. The van der Waals surface area contributed by atoms with E-state index in [2.05, 4.69) is 24.0 Å². The van der Waals surface area contributed by atoms with Gasteiger partial charge in [0.15, 0.2) is 0 Å². The molecule has 4 nitrogen and oxygen atoms in total. The molecule has 0 unspecified atom stereocenters. The van der Waals surface area contributed by atoms with Gasteiger partial charge in [-0.3, -0.25) is 4.79 Å². The molecule has 0 saturated carbocycles. The van der Waals surface area contributed by atoms with Crippen molar-refractivity contribution < 1.29 is 9.21 Å². The van der Waals surface area contributed by atoms with E-state index in [0.29, 0.717) is 12.3 Å². The third kappa shape index (κ3) is 3.56. The van der Waals surface area contributed by atoms with Gasteiger partial charge in [-0.05, 0) is 44.9 Å². The van der Waals surface area contributed by atoms with E-state index in [4.69, 9.17) is 4.42 Å². The highest BCUT2D eigenvalue weighted by Crippen LogP contribution is 2.23. The van der Waals surface area contributed by atoms with E-state index in [1.807, 2.05) is 37.8 Å². The Bertz CT molecular complexity index is 625. The third-order valence-corrected chi connectivity index (χ3v) is 3.94.